The number of benzene rings is 1. The van der Waals surface area contributed by atoms with Gasteiger partial charge in [0, 0.05) is 12.1 Å². The predicted octanol–water partition coefficient (Wildman–Crippen LogP) is 1.99. The first-order chi connectivity index (χ1) is 8.13. The number of nitrogens with two attached hydrogens (primary N) is 1. The quantitative estimate of drug-likeness (QED) is 0.811. The molecule has 0 amide bonds. The summed E-state index contributed by atoms with van der Waals surface area (Å²) in [6.07, 6.45) is 1.74. The van der Waals surface area contributed by atoms with Crippen molar-refractivity contribution in [2.45, 2.75) is 13.0 Å². The fraction of sp³-hybridized carbons (Fsp3) is 0.308. The third kappa shape index (κ3) is 2.16. The van der Waals surface area contributed by atoms with Gasteiger partial charge in [0.25, 0.3) is 0 Å². The summed E-state index contributed by atoms with van der Waals surface area (Å²) in [4.78, 5) is 6.04. The second kappa shape index (κ2) is 4.57. The van der Waals surface area contributed by atoms with E-state index in [1.165, 1.54) is 6.07 Å². The van der Waals surface area contributed by atoms with Crippen LogP contribution in [0.3, 0.4) is 0 Å². The van der Waals surface area contributed by atoms with Crippen molar-refractivity contribution >= 4 is 5.96 Å². The fourth-order valence-electron chi connectivity index (χ4n) is 2.07. The number of guanidine groups is 1. The highest BCUT2D eigenvalue weighted by Crippen LogP contribution is 2.28. The smallest absolute Gasteiger partial charge is 0.192 e. The van der Waals surface area contributed by atoms with Crippen LogP contribution < -0.4 is 5.73 Å². The maximum absolute atomic E-state index is 13.8. The van der Waals surface area contributed by atoms with E-state index >= 15 is 0 Å². The fourth-order valence-corrected chi connectivity index (χ4v) is 2.07. The molecule has 0 bridgehead atoms. The summed E-state index contributed by atoms with van der Waals surface area (Å²) in [7, 11) is 0. The lowest BCUT2D eigenvalue weighted by atomic mass is 10.0. The average molecular weight is 233 g/mol. The van der Waals surface area contributed by atoms with Crippen LogP contribution >= 0.6 is 0 Å². The largest absolute Gasteiger partial charge is 0.370 e. The Labute approximate surface area is 100 Å². The van der Waals surface area contributed by atoms with E-state index in [1.807, 2.05) is 17.9 Å². The van der Waals surface area contributed by atoms with Gasteiger partial charge in [-0.15, -0.1) is 6.58 Å². The van der Waals surface area contributed by atoms with E-state index in [0.29, 0.717) is 24.6 Å². The van der Waals surface area contributed by atoms with Crippen LogP contribution in [-0.4, -0.2) is 23.9 Å². The molecule has 1 unspecified atom stereocenters. The molecule has 1 aliphatic rings. The maximum atomic E-state index is 13.8. The van der Waals surface area contributed by atoms with Crippen LogP contribution in [0, 0.1) is 12.7 Å². The maximum Gasteiger partial charge on any atom is 0.192 e. The van der Waals surface area contributed by atoms with Crippen molar-refractivity contribution in [2.24, 2.45) is 10.7 Å². The molecular formula is C13H16FN3. The highest BCUT2D eigenvalue weighted by molar-refractivity contribution is 5.80. The Bertz CT molecular complexity index is 468. The van der Waals surface area contributed by atoms with Crippen molar-refractivity contribution in [1.82, 2.24) is 4.90 Å². The van der Waals surface area contributed by atoms with E-state index in [0.717, 1.165) is 5.56 Å². The zero-order chi connectivity index (χ0) is 12.4. The van der Waals surface area contributed by atoms with Gasteiger partial charge in [-0.25, -0.2) is 4.39 Å². The Hall–Kier alpha value is -1.84. The first kappa shape index (κ1) is 11.6. The molecule has 0 saturated carbocycles. The zero-order valence-corrected chi connectivity index (χ0v) is 9.86. The summed E-state index contributed by atoms with van der Waals surface area (Å²) in [6, 6.07) is 4.98. The second-order valence-corrected chi connectivity index (χ2v) is 4.18. The highest BCUT2D eigenvalue weighted by Gasteiger charge is 2.28. The van der Waals surface area contributed by atoms with E-state index in [4.69, 9.17) is 5.73 Å². The van der Waals surface area contributed by atoms with Gasteiger partial charge < -0.3 is 10.6 Å². The minimum atomic E-state index is -0.209. The van der Waals surface area contributed by atoms with Gasteiger partial charge in [-0.05, 0) is 13.0 Å². The normalized spacial score (nSPS) is 19.3. The predicted molar refractivity (Wildman–Crippen MR) is 67.3 cm³/mol. The van der Waals surface area contributed by atoms with Crippen LogP contribution in [0.2, 0.25) is 0 Å². The molecule has 0 radical (unpaired) electrons. The summed E-state index contributed by atoms with van der Waals surface area (Å²) in [6.45, 7) is 6.70. The van der Waals surface area contributed by atoms with E-state index in [-0.39, 0.29) is 11.9 Å². The average Bonchev–Trinajstić information content (AvgIpc) is 2.65. The lowest BCUT2D eigenvalue weighted by Gasteiger charge is -2.25. The molecule has 2 rings (SSSR count). The van der Waals surface area contributed by atoms with E-state index < -0.39 is 0 Å². The molecule has 0 saturated heterocycles. The molecule has 0 aromatic heterocycles. The molecule has 0 spiro atoms. The van der Waals surface area contributed by atoms with Gasteiger partial charge in [0.1, 0.15) is 5.82 Å². The summed E-state index contributed by atoms with van der Waals surface area (Å²) in [5, 5.41) is 0. The molecule has 1 atom stereocenters. The number of nitrogens with zero attached hydrogens (tertiary/aromatic N) is 2. The monoisotopic (exact) mass is 233 g/mol. The molecule has 1 aromatic carbocycles. The topological polar surface area (TPSA) is 41.6 Å². The molecule has 3 nitrogen and oxygen atoms in total. The van der Waals surface area contributed by atoms with Gasteiger partial charge in [-0.3, -0.25) is 4.99 Å². The molecular weight excluding hydrogens is 217 g/mol. The lowest BCUT2D eigenvalue weighted by Crippen LogP contribution is -2.36. The Morgan fingerprint density at radius 1 is 1.65 bits per heavy atom. The number of halogens is 1. The van der Waals surface area contributed by atoms with E-state index in [2.05, 4.69) is 11.6 Å². The molecule has 2 N–H and O–H groups in total. The molecule has 1 heterocycles. The molecule has 90 valence electrons. The first-order valence-corrected chi connectivity index (χ1v) is 5.57. The van der Waals surface area contributed by atoms with E-state index in [1.54, 1.807) is 12.1 Å². The molecule has 1 aliphatic heterocycles. The van der Waals surface area contributed by atoms with Crippen molar-refractivity contribution in [3.8, 4) is 0 Å². The van der Waals surface area contributed by atoms with Crippen LogP contribution in [0.5, 0.6) is 0 Å². The highest BCUT2D eigenvalue weighted by atomic mass is 19.1. The summed E-state index contributed by atoms with van der Waals surface area (Å²) < 4.78 is 13.8. The van der Waals surface area contributed by atoms with Gasteiger partial charge >= 0.3 is 0 Å². The minimum absolute atomic E-state index is 0.118. The molecule has 0 fully saturated rings. The van der Waals surface area contributed by atoms with Crippen molar-refractivity contribution < 1.29 is 4.39 Å². The summed E-state index contributed by atoms with van der Waals surface area (Å²) in [5.74, 6) is 0.246. The zero-order valence-electron chi connectivity index (χ0n) is 9.86. The molecule has 1 aromatic rings. The van der Waals surface area contributed by atoms with Gasteiger partial charge in [-0.1, -0.05) is 23.8 Å². The number of aryl methyl sites for hydroxylation is 1. The number of aliphatic imine (C=N–C) groups is 1. The molecule has 4 heteroatoms. The number of hydrogen-bond acceptors (Lipinski definition) is 3. The Balaban J connectivity index is 2.33. The lowest BCUT2D eigenvalue weighted by molar-refractivity contribution is 0.369. The van der Waals surface area contributed by atoms with Crippen molar-refractivity contribution in [3.05, 3.63) is 47.8 Å². The van der Waals surface area contributed by atoms with Crippen LogP contribution in [0.1, 0.15) is 17.2 Å². The van der Waals surface area contributed by atoms with Crippen LogP contribution in [0.15, 0.2) is 35.8 Å². The molecule has 0 aliphatic carbocycles. The van der Waals surface area contributed by atoms with Crippen LogP contribution in [-0.2, 0) is 0 Å². The Kier molecular flexibility index (Phi) is 3.13. The molecule has 17 heavy (non-hydrogen) atoms. The van der Waals surface area contributed by atoms with Gasteiger partial charge in [0.15, 0.2) is 5.96 Å². The number of rotatable bonds is 3. The van der Waals surface area contributed by atoms with Gasteiger partial charge in [-0.2, -0.15) is 0 Å². The summed E-state index contributed by atoms with van der Waals surface area (Å²) in [5.41, 5.74) is 7.47. The second-order valence-electron chi connectivity index (χ2n) is 4.18. The standard InChI is InChI=1S/C13H16FN3/c1-3-6-17-12(8-16-13(17)15)10-7-9(2)4-5-11(10)14/h3-5,7,12H,1,6,8H2,2H3,(H2,15,16). The van der Waals surface area contributed by atoms with Gasteiger partial charge in [0.2, 0.25) is 0 Å². The van der Waals surface area contributed by atoms with Crippen LogP contribution in [0.4, 0.5) is 4.39 Å². The van der Waals surface area contributed by atoms with Crippen molar-refractivity contribution in [2.75, 3.05) is 13.1 Å². The SMILES string of the molecule is C=CCN1C(N)=NCC1c1cc(C)ccc1F. The number of hydrogen-bond donors (Lipinski definition) is 1. The third-order valence-corrected chi connectivity index (χ3v) is 2.93. The first-order valence-electron chi connectivity index (χ1n) is 5.57. The third-order valence-electron chi connectivity index (χ3n) is 2.93. The van der Waals surface area contributed by atoms with Crippen LogP contribution in [0.25, 0.3) is 0 Å². The minimum Gasteiger partial charge on any atom is -0.370 e. The Morgan fingerprint density at radius 3 is 3.12 bits per heavy atom. The Morgan fingerprint density at radius 2 is 2.41 bits per heavy atom. The van der Waals surface area contributed by atoms with Gasteiger partial charge in [0.05, 0.1) is 12.6 Å². The summed E-state index contributed by atoms with van der Waals surface area (Å²) >= 11 is 0. The van der Waals surface area contributed by atoms with Crippen molar-refractivity contribution in [1.29, 1.82) is 0 Å². The van der Waals surface area contributed by atoms with Crippen molar-refractivity contribution in [3.63, 3.8) is 0 Å². The van der Waals surface area contributed by atoms with E-state index in [9.17, 15) is 4.39 Å².